The lowest BCUT2D eigenvalue weighted by Gasteiger charge is -2.45. The number of benzene rings is 5. The molecule has 5 aromatic carbocycles. The predicted molar refractivity (Wildman–Crippen MR) is 281 cm³/mol. The van der Waals surface area contributed by atoms with E-state index in [2.05, 4.69) is 72.8 Å². The van der Waals surface area contributed by atoms with Crippen LogP contribution in [0.15, 0.2) is 154 Å². The fraction of sp³-hybridized carbons (Fsp3) is 0.371. The van der Waals surface area contributed by atoms with E-state index >= 15 is 4.79 Å². The summed E-state index contributed by atoms with van der Waals surface area (Å²) >= 11 is 0. The Hall–Kier alpha value is -6.67. The Morgan fingerprint density at radius 1 is 0.797 bits per heavy atom. The highest BCUT2D eigenvalue weighted by Crippen LogP contribution is 2.50. The summed E-state index contributed by atoms with van der Waals surface area (Å²) in [6.07, 6.45) is 5.56. The quantitative estimate of drug-likeness (QED) is 0.0252. The lowest BCUT2D eigenvalue weighted by molar-refractivity contribution is -0.192. The van der Waals surface area contributed by atoms with E-state index in [1.54, 1.807) is 19.1 Å². The maximum atomic E-state index is 15.2. The van der Waals surface area contributed by atoms with E-state index in [4.69, 9.17) is 23.4 Å². The average molecular weight is 1000 g/mol. The smallest absolute Gasteiger partial charge is 0.340 e. The van der Waals surface area contributed by atoms with Crippen molar-refractivity contribution < 1.29 is 53.4 Å². The van der Waals surface area contributed by atoms with E-state index in [0.717, 1.165) is 28.7 Å². The summed E-state index contributed by atoms with van der Waals surface area (Å²) in [5.41, 5.74) is 5.63. The van der Waals surface area contributed by atoms with Crippen LogP contribution in [0.2, 0.25) is 0 Å². The number of fused-ring (bicyclic) bond motifs is 11. The number of hydrogen-bond donors (Lipinski definition) is 4. The van der Waals surface area contributed by atoms with Crippen molar-refractivity contribution in [3.63, 3.8) is 0 Å². The molecule has 0 amide bonds. The number of aliphatic hydroxyl groups is 4. The van der Waals surface area contributed by atoms with Gasteiger partial charge in [-0.2, -0.15) is 0 Å². The topological polar surface area (TPSA) is 182 Å². The van der Waals surface area contributed by atoms with Crippen LogP contribution in [0.1, 0.15) is 126 Å². The first-order valence-corrected chi connectivity index (χ1v) is 25.9. The number of hydrogen-bond acceptors (Lipinski definition) is 12. The van der Waals surface area contributed by atoms with Gasteiger partial charge in [-0.1, -0.05) is 121 Å². The molecule has 386 valence electrons. The third-order valence-electron chi connectivity index (χ3n) is 15.4. The molecular formula is C62H66O12. The van der Waals surface area contributed by atoms with E-state index in [0.29, 0.717) is 43.1 Å². The van der Waals surface area contributed by atoms with Crippen LogP contribution in [0.25, 0.3) is 11.0 Å². The lowest BCUT2D eigenvalue weighted by Crippen LogP contribution is -2.54. The Kier molecular flexibility index (Phi) is 16.7. The van der Waals surface area contributed by atoms with Gasteiger partial charge in [0.15, 0.2) is 12.2 Å². The average Bonchev–Trinajstić information content (AvgIpc) is 3.41. The zero-order valence-corrected chi connectivity index (χ0v) is 42.1. The molecule has 4 heterocycles. The van der Waals surface area contributed by atoms with Gasteiger partial charge in [0.25, 0.3) is 0 Å². The van der Waals surface area contributed by atoms with Gasteiger partial charge in [-0.3, -0.25) is 4.79 Å². The van der Waals surface area contributed by atoms with Crippen molar-refractivity contribution in [2.45, 2.75) is 114 Å². The highest BCUT2D eigenvalue weighted by molar-refractivity contribution is 5.90. The first-order valence-electron chi connectivity index (χ1n) is 25.9. The second-order valence-electron chi connectivity index (χ2n) is 20.3. The van der Waals surface area contributed by atoms with Crippen molar-refractivity contribution in [3.05, 3.63) is 205 Å². The van der Waals surface area contributed by atoms with Gasteiger partial charge in [-0.05, 0) is 128 Å². The molecule has 0 saturated heterocycles. The van der Waals surface area contributed by atoms with Gasteiger partial charge in [-0.25, -0.2) is 9.59 Å². The third-order valence-corrected chi connectivity index (χ3v) is 15.4. The summed E-state index contributed by atoms with van der Waals surface area (Å²) in [5.74, 6) is -2.17. The highest BCUT2D eigenvalue weighted by Gasteiger charge is 2.53. The van der Waals surface area contributed by atoms with Crippen molar-refractivity contribution in [2.24, 2.45) is 5.92 Å². The largest absolute Gasteiger partial charge is 0.483 e. The number of aryl methyl sites for hydroxylation is 2. The number of allylic oxidation sites excluding steroid dienone is 2. The van der Waals surface area contributed by atoms with Crippen molar-refractivity contribution in [2.75, 3.05) is 26.6 Å². The van der Waals surface area contributed by atoms with Crippen LogP contribution in [0.4, 0.5) is 0 Å². The van der Waals surface area contributed by atoms with E-state index in [9.17, 15) is 30.0 Å². The standard InChI is InChI=1S/C62H66O12/c1-39(35-64)49-24-20-41-18-21-44(22-19-41)50-25-23-46(45-17-9-15-43(32-45)31-42-13-7-4-8-14-42)33-48(50)34-54(67)71-58-56-53(74-62(2,59(58)73-60(49)68)29-10-16-40-11-5-3-6-12-40)27-26-51-52(36-65)55(61(69)72-57(51)56)47(28-30-63)37-70-38-66/h3-9,11-15,17-19,21-23,25-27,32,46-48,50,58-59,63-66H,10,16,20,24,28-31,33-38H2,1-2H3. The molecule has 7 unspecified atom stereocenters. The van der Waals surface area contributed by atoms with Crippen LogP contribution in [-0.2, 0) is 49.7 Å². The van der Waals surface area contributed by atoms with Crippen molar-refractivity contribution in [1.82, 2.24) is 0 Å². The second kappa shape index (κ2) is 23.7. The number of esters is 2. The Morgan fingerprint density at radius 2 is 1.54 bits per heavy atom. The first kappa shape index (κ1) is 52.2. The number of carbonyl (C=O) groups excluding carboxylic acids is 2. The molecule has 10 rings (SSSR count). The summed E-state index contributed by atoms with van der Waals surface area (Å²) in [5, 5.41) is 41.4. The monoisotopic (exact) mass is 1000 g/mol. The summed E-state index contributed by atoms with van der Waals surface area (Å²) in [7, 11) is 0. The Labute approximate surface area is 431 Å². The molecule has 4 aliphatic rings. The molecule has 3 aliphatic heterocycles. The minimum Gasteiger partial charge on any atom is -0.483 e. The lowest BCUT2D eigenvalue weighted by atomic mass is 9.72. The van der Waals surface area contributed by atoms with Gasteiger partial charge in [-0.15, -0.1) is 0 Å². The molecule has 4 N–H and O–H groups in total. The second-order valence-corrected chi connectivity index (χ2v) is 20.3. The molecule has 2 bridgehead atoms. The van der Waals surface area contributed by atoms with E-state index < -0.39 is 61.3 Å². The van der Waals surface area contributed by atoms with Crippen LogP contribution < -0.4 is 10.4 Å². The van der Waals surface area contributed by atoms with Crippen LogP contribution in [0.5, 0.6) is 5.75 Å². The summed E-state index contributed by atoms with van der Waals surface area (Å²) in [6, 6.07) is 40.6. The molecular weight excluding hydrogens is 937 g/mol. The van der Waals surface area contributed by atoms with Gasteiger partial charge in [0, 0.05) is 47.3 Å². The van der Waals surface area contributed by atoms with Crippen LogP contribution >= 0.6 is 0 Å². The van der Waals surface area contributed by atoms with E-state index in [1.807, 2.05) is 55.5 Å². The van der Waals surface area contributed by atoms with Crippen molar-refractivity contribution in [3.8, 4) is 5.75 Å². The predicted octanol–water partition coefficient (Wildman–Crippen LogP) is 9.77. The molecule has 0 radical (unpaired) electrons. The summed E-state index contributed by atoms with van der Waals surface area (Å²) in [4.78, 5) is 44.5. The van der Waals surface area contributed by atoms with E-state index in [1.165, 1.54) is 11.1 Å². The maximum Gasteiger partial charge on any atom is 0.340 e. The number of rotatable bonds is 15. The van der Waals surface area contributed by atoms with Crippen molar-refractivity contribution >= 4 is 22.9 Å². The van der Waals surface area contributed by atoms with Gasteiger partial charge in [0.05, 0.1) is 25.4 Å². The normalized spacial score (nSPS) is 23.0. The molecule has 12 nitrogen and oxygen atoms in total. The minimum absolute atomic E-state index is 0.00298. The molecule has 7 atom stereocenters. The fourth-order valence-electron chi connectivity index (χ4n) is 11.4. The Morgan fingerprint density at radius 3 is 2.26 bits per heavy atom. The zero-order valence-electron chi connectivity index (χ0n) is 42.1. The molecule has 0 spiro atoms. The number of ether oxygens (including phenoxy) is 4. The van der Waals surface area contributed by atoms with Crippen molar-refractivity contribution in [1.29, 1.82) is 0 Å². The van der Waals surface area contributed by atoms with E-state index in [-0.39, 0.29) is 83.8 Å². The minimum atomic E-state index is -1.39. The fourth-order valence-corrected chi connectivity index (χ4v) is 11.4. The molecule has 0 saturated carbocycles. The molecule has 1 aromatic heterocycles. The van der Waals surface area contributed by atoms with Crippen LogP contribution in [-0.4, -0.2) is 70.7 Å². The highest BCUT2D eigenvalue weighted by atomic mass is 16.6. The maximum absolute atomic E-state index is 15.2. The van der Waals surface area contributed by atoms with Gasteiger partial charge in [0.2, 0.25) is 0 Å². The molecule has 6 aromatic rings. The zero-order chi connectivity index (χ0) is 51.8. The van der Waals surface area contributed by atoms with Gasteiger partial charge < -0.3 is 43.8 Å². The van der Waals surface area contributed by atoms with Crippen LogP contribution in [0.3, 0.4) is 0 Å². The summed E-state index contributed by atoms with van der Waals surface area (Å²) < 4.78 is 32.1. The Balaban J connectivity index is 1.17. The molecule has 0 fully saturated rings. The molecule has 12 heteroatoms. The number of aliphatic hydroxyl groups excluding tert-OH is 4. The Bertz CT molecular complexity index is 3030. The van der Waals surface area contributed by atoms with Gasteiger partial charge >= 0.3 is 17.6 Å². The number of carbonyl (C=O) groups is 2. The van der Waals surface area contributed by atoms with Crippen LogP contribution in [0, 0.1) is 5.92 Å². The first-order chi connectivity index (χ1) is 36.0. The third kappa shape index (κ3) is 11.5. The molecule has 74 heavy (non-hydrogen) atoms. The SMILES string of the molecule is CC(CO)=C1CCc2ccc(cc2)C2C=CC(c3cccc(Cc4ccccc4)c3)CC2CC(=O)OC2c3c(ccc4c(CO)c(C(CCO)COCO)c(=O)oc34)OC(C)(CCCc3ccccc3)C2OC1=O. The molecule has 1 aliphatic carbocycles. The van der Waals surface area contributed by atoms with Gasteiger partial charge in [0.1, 0.15) is 23.7 Å². The summed E-state index contributed by atoms with van der Waals surface area (Å²) in [6.45, 7) is 1.44.